The summed E-state index contributed by atoms with van der Waals surface area (Å²) in [5.74, 6) is 0. The Balaban J connectivity index is 2.07. The number of H-pyrrole nitrogens is 1. The molecule has 0 aliphatic carbocycles. The second-order valence-electron chi connectivity index (χ2n) is 3.77. The van der Waals surface area contributed by atoms with Crippen LogP contribution in [-0.2, 0) is 11.3 Å². The van der Waals surface area contributed by atoms with E-state index in [0.29, 0.717) is 6.61 Å². The molecule has 2 aromatic heterocycles. The third-order valence-electron chi connectivity index (χ3n) is 2.52. The molecule has 2 aromatic rings. The molecule has 1 N–H and O–H groups in total. The number of ether oxygens (including phenoxy) is 1. The van der Waals surface area contributed by atoms with Crippen molar-refractivity contribution >= 4 is 26.8 Å². The summed E-state index contributed by atoms with van der Waals surface area (Å²) in [6.07, 6.45) is 6.15. The standard InChI is InChI=1S/C12H15BrN2O/c1-2-3-4-16-8-9-6-14-11-5-12(13)15-7-10(9)11/h5-7,14H,2-4,8H2,1H3. The molecule has 0 atom stereocenters. The lowest BCUT2D eigenvalue weighted by atomic mass is 10.2. The van der Waals surface area contributed by atoms with Crippen molar-refractivity contribution in [2.24, 2.45) is 0 Å². The van der Waals surface area contributed by atoms with Crippen LogP contribution in [0.2, 0.25) is 0 Å². The van der Waals surface area contributed by atoms with E-state index in [0.717, 1.165) is 28.5 Å². The van der Waals surface area contributed by atoms with Crippen LogP contribution < -0.4 is 0 Å². The van der Waals surface area contributed by atoms with Gasteiger partial charge < -0.3 is 9.72 Å². The largest absolute Gasteiger partial charge is 0.377 e. The van der Waals surface area contributed by atoms with Gasteiger partial charge in [-0.15, -0.1) is 0 Å². The van der Waals surface area contributed by atoms with Crippen LogP contribution >= 0.6 is 15.9 Å². The maximum absolute atomic E-state index is 5.60. The predicted octanol–water partition coefficient (Wildman–Crippen LogP) is 3.64. The minimum atomic E-state index is 0.656. The van der Waals surface area contributed by atoms with Crippen LogP contribution in [0.1, 0.15) is 25.3 Å². The minimum Gasteiger partial charge on any atom is -0.377 e. The topological polar surface area (TPSA) is 37.9 Å². The van der Waals surface area contributed by atoms with Crippen LogP contribution in [0.15, 0.2) is 23.1 Å². The molecular weight excluding hydrogens is 268 g/mol. The van der Waals surface area contributed by atoms with Crippen molar-refractivity contribution in [3.05, 3.63) is 28.6 Å². The molecule has 4 heteroatoms. The first-order valence-corrected chi connectivity index (χ1v) is 6.30. The van der Waals surface area contributed by atoms with Crippen molar-refractivity contribution in [1.82, 2.24) is 9.97 Å². The monoisotopic (exact) mass is 282 g/mol. The van der Waals surface area contributed by atoms with Gasteiger partial charge in [-0.05, 0) is 28.4 Å². The summed E-state index contributed by atoms with van der Waals surface area (Å²) >= 11 is 3.35. The van der Waals surface area contributed by atoms with Gasteiger partial charge in [-0.3, -0.25) is 0 Å². The number of unbranched alkanes of at least 4 members (excludes halogenated alkanes) is 1. The van der Waals surface area contributed by atoms with E-state index in [-0.39, 0.29) is 0 Å². The average Bonchev–Trinajstić information content (AvgIpc) is 2.67. The van der Waals surface area contributed by atoms with Gasteiger partial charge in [0.05, 0.1) is 6.61 Å². The summed E-state index contributed by atoms with van der Waals surface area (Å²) in [6, 6.07) is 1.98. The second-order valence-corrected chi connectivity index (χ2v) is 4.59. The number of nitrogens with one attached hydrogen (secondary N) is 1. The summed E-state index contributed by atoms with van der Waals surface area (Å²) in [7, 11) is 0. The fourth-order valence-corrected chi connectivity index (χ4v) is 1.93. The lowest BCUT2D eigenvalue weighted by Crippen LogP contribution is -1.94. The summed E-state index contributed by atoms with van der Waals surface area (Å²) in [5.41, 5.74) is 2.27. The molecule has 0 amide bonds. The average molecular weight is 283 g/mol. The Morgan fingerprint density at radius 1 is 1.50 bits per heavy atom. The Morgan fingerprint density at radius 3 is 3.19 bits per heavy atom. The Kier molecular flexibility index (Phi) is 3.96. The van der Waals surface area contributed by atoms with Gasteiger partial charge in [0.1, 0.15) is 4.60 Å². The maximum Gasteiger partial charge on any atom is 0.108 e. The molecule has 0 bridgehead atoms. The SMILES string of the molecule is CCCCOCc1c[nH]c2cc(Br)ncc12. The number of hydrogen-bond donors (Lipinski definition) is 1. The van der Waals surface area contributed by atoms with Gasteiger partial charge in [0.15, 0.2) is 0 Å². The van der Waals surface area contributed by atoms with Crippen LogP contribution in [0.25, 0.3) is 10.9 Å². The van der Waals surface area contributed by atoms with E-state index in [1.165, 1.54) is 12.0 Å². The zero-order valence-electron chi connectivity index (χ0n) is 9.29. The van der Waals surface area contributed by atoms with Gasteiger partial charge in [-0.25, -0.2) is 4.98 Å². The lowest BCUT2D eigenvalue weighted by Gasteiger charge is -2.01. The van der Waals surface area contributed by atoms with Gasteiger partial charge in [0, 0.05) is 35.5 Å². The molecule has 0 aliphatic rings. The fraction of sp³-hybridized carbons (Fsp3) is 0.417. The van der Waals surface area contributed by atoms with E-state index in [2.05, 4.69) is 32.8 Å². The quantitative estimate of drug-likeness (QED) is 0.672. The van der Waals surface area contributed by atoms with Gasteiger partial charge in [-0.1, -0.05) is 13.3 Å². The highest BCUT2D eigenvalue weighted by atomic mass is 79.9. The van der Waals surface area contributed by atoms with Crippen molar-refractivity contribution in [3.8, 4) is 0 Å². The lowest BCUT2D eigenvalue weighted by molar-refractivity contribution is 0.119. The van der Waals surface area contributed by atoms with Gasteiger partial charge >= 0.3 is 0 Å². The first-order valence-electron chi connectivity index (χ1n) is 5.50. The molecule has 0 saturated heterocycles. The first-order chi connectivity index (χ1) is 7.81. The number of hydrogen-bond acceptors (Lipinski definition) is 2. The Hall–Kier alpha value is -0.870. The fourth-order valence-electron chi connectivity index (χ4n) is 1.60. The Morgan fingerprint density at radius 2 is 2.38 bits per heavy atom. The van der Waals surface area contributed by atoms with Crippen LogP contribution in [-0.4, -0.2) is 16.6 Å². The van der Waals surface area contributed by atoms with Gasteiger partial charge in [-0.2, -0.15) is 0 Å². The third kappa shape index (κ3) is 2.62. The highest BCUT2D eigenvalue weighted by molar-refractivity contribution is 9.10. The van der Waals surface area contributed by atoms with Gasteiger partial charge in [0.25, 0.3) is 0 Å². The highest BCUT2D eigenvalue weighted by Gasteiger charge is 2.04. The van der Waals surface area contributed by atoms with Crippen molar-refractivity contribution in [3.63, 3.8) is 0 Å². The predicted molar refractivity (Wildman–Crippen MR) is 68.4 cm³/mol. The van der Waals surface area contributed by atoms with E-state index < -0.39 is 0 Å². The van der Waals surface area contributed by atoms with Crippen LogP contribution in [0.5, 0.6) is 0 Å². The number of pyridine rings is 1. The zero-order valence-corrected chi connectivity index (χ0v) is 10.9. The van der Waals surface area contributed by atoms with Crippen molar-refractivity contribution in [2.45, 2.75) is 26.4 Å². The first kappa shape index (κ1) is 11.6. The Bertz CT molecular complexity index is 467. The Labute approximate surface area is 103 Å². The molecule has 3 nitrogen and oxygen atoms in total. The van der Waals surface area contributed by atoms with Crippen molar-refractivity contribution < 1.29 is 4.74 Å². The molecule has 16 heavy (non-hydrogen) atoms. The van der Waals surface area contributed by atoms with E-state index in [1.54, 1.807) is 0 Å². The van der Waals surface area contributed by atoms with Crippen LogP contribution in [0.3, 0.4) is 0 Å². The second kappa shape index (κ2) is 5.46. The number of rotatable bonds is 5. The molecule has 2 heterocycles. The molecule has 0 aromatic carbocycles. The molecule has 0 saturated carbocycles. The molecule has 0 aliphatic heterocycles. The third-order valence-corrected chi connectivity index (χ3v) is 2.95. The number of aromatic nitrogens is 2. The van der Waals surface area contributed by atoms with Crippen LogP contribution in [0.4, 0.5) is 0 Å². The van der Waals surface area contributed by atoms with Crippen molar-refractivity contribution in [2.75, 3.05) is 6.61 Å². The minimum absolute atomic E-state index is 0.656. The van der Waals surface area contributed by atoms with E-state index in [9.17, 15) is 0 Å². The normalized spacial score (nSPS) is 11.1. The van der Waals surface area contributed by atoms with E-state index in [1.807, 2.05) is 18.5 Å². The summed E-state index contributed by atoms with van der Waals surface area (Å²) in [6.45, 7) is 3.65. The maximum atomic E-state index is 5.60. The van der Waals surface area contributed by atoms with Crippen molar-refractivity contribution in [1.29, 1.82) is 0 Å². The molecule has 86 valence electrons. The summed E-state index contributed by atoms with van der Waals surface area (Å²) in [4.78, 5) is 7.45. The molecule has 0 spiro atoms. The van der Waals surface area contributed by atoms with E-state index in [4.69, 9.17) is 4.74 Å². The molecule has 2 rings (SSSR count). The summed E-state index contributed by atoms with van der Waals surface area (Å²) in [5, 5.41) is 1.14. The molecule has 0 fully saturated rings. The number of halogens is 1. The number of nitrogens with zero attached hydrogens (tertiary/aromatic N) is 1. The smallest absolute Gasteiger partial charge is 0.108 e. The highest BCUT2D eigenvalue weighted by Crippen LogP contribution is 2.20. The van der Waals surface area contributed by atoms with Gasteiger partial charge in [0.2, 0.25) is 0 Å². The van der Waals surface area contributed by atoms with E-state index >= 15 is 0 Å². The zero-order chi connectivity index (χ0) is 11.4. The molecule has 0 unspecified atom stereocenters. The number of aromatic amines is 1. The molecular formula is C12H15BrN2O. The van der Waals surface area contributed by atoms with Crippen LogP contribution in [0, 0.1) is 0 Å². The number of fused-ring (bicyclic) bond motifs is 1. The molecule has 0 radical (unpaired) electrons. The summed E-state index contributed by atoms with van der Waals surface area (Å²) < 4.78 is 6.44.